The Labute approximate surface area is 187 Å². The van der Waals surface area contributed by atoms with E-state index in [9.17, 15) is 9.59 Å². The van der Waals surface area contributed by atoms with Crippen molar-refractivity contribution in [2.45, 2.75) is 111 Å². The Bertz CT molecular complexity index is 610. The van der Waals surface area contributed by atoms with Crippen molar-refractivity contribution in [1.29, 1.82) is 0 Å². The van der Waals surface area contributed by atoms with E-state index in [0.717, 1.165) is 19.1 Å². The lowest BCUT2D eigenvalue weighted by Gasteiger charge is -2.41. The number of ether oxygens (including phenoxy) is 1. The zero-order valence-corrected chi connectivity index (χ0v) is 23.5. The number of rotatable bonds is 11. The van der Waals surface area contributed by atoms with Crippen molar-refractivity contribution in [2.24, 2.45) is 5.92 Å². The Morgan fingerprint density at radius 3 is 1.80 bits per heavy atom. The molecule has 5 nitrogen and oxygen atoms in total. The highest BCUT2D eigenvalue weighted by Crippen LogP contribution is 2.42. The summed E-state index contributed by atoms with van der Waals surface area (Å²) in [4.78, 5) is 23.9. The molecule has 0 amide bonds. The SMILES string of the molecule is CCOC(=O)C(O[Si](C)(C)C(C)(C)C)=C(O[Si](C)(C)C(C)(C)C)[C@@H](C)CCCC=O. The molecule has 0 rings (SSSR count). The van der Waals surface area contributed by atoms with Crippen LogP contribution in [-0.4, -0.2) is 35.5 Å². The molecule has 7 heteroatoms. The number of allylic oxidation sites excluding steroid dienone is 1. The van der Waals surface area contributed by atoms with E-state index in [1.807, 2.05) is 6.92 Å². The number of esters is 1. The lowest BCUT2D eigenvalue weighted by atomic mass is 10.0. The van der Waals surface area contributed by atoms with E-state index in [4.69, 9.17) is 13.6 Å². The highest BCUT2D eigenvalue weighted by molar-refractivity contribution is 6.75. The molecule has 0 aliphatic heterocycles. The highest BCUT2D eigenvalue weighted by Gasteiger charge is 2.45. The molecule has 0 aromatic carbocycles. The van der Waals surface area contributed by atoms with Gasteiger partial charge < -0.3 is 18.4 Å². The Morgan fingerprint density at radius 2 is 1.40 bits per heavy atom. The van der Waals surface area contributed by atoms with Gasteiger partial charge in [0.25, 0.3) is 8.32 Å². The molecule has 30 heavy (non-hydrogen) atoms. The van der Waals surface area contributed by atoms with Crippen LogP contribution in [-0.2, 0) is 23.2 Å². The fraction of sp³-hybridized carbons (Fsp3) is 0.826. The van der Waals surface area contributed by atoms with Crippen LogP contribution in [0.15, 0.2) is 11.5 Å². The van der Waals surface area contributed by atoms with E-state index >= 15 is 0 Å². The summed E-state index contributed by atoms with van der Waals surface area (Å²) in [5, 5.41) is -0.106. The van der Waals surface area contributed by atoms with Gasteiger partial charge in [0, 0.05) is 12.3 Å². The second-order valence-electron chi connectivity index (χ2n) is 11.1. The van der Waals surface area contributed by atoms with E-state index in [2.05, 4.69) is 67.7 Å². The number of aldehydes is 1. The number of hydrogen-bond acceptors (Lipinski definition) is 5. The molecule has 176 valence electrons. The lowest BCUT2D eigenvalue weighted by Crippen LogP contribution is -2.44. The van der Waals surface area contributed by atoms with Crippen molar-refractivity contribution in [3.63, 3.8) is 0 Å². The van der Waals surface area contributed by atoms with Gasteiger partial charge in [0.15, 0.2) is 0 Å². The smallest absolute Gasteiger partial charge is 0.375 e. The molecule has 1 atom stereocenters. The zero-order valence-electron chi connectivity index (χ0n) is 21.5. The largest absolute Gasteiger partial charge is 0.544 e. The molecule has 0 spiro atoms. The van der Waals surface area contributed by atoms with Crippen LogP contribution in [0.4, 0.5) is 0 Å². The van der Waals surface area contributed by atoms with Crippen LogP contribution in [0.1, 0.15) is 74.7 Å². The van der Waals surface area contributed by atoms with Gasteiger partial charge in [-0.1, -0.05) is 48.5 Å². The summed E-state index contributed by atoms with van der Waals surface area (Å²) in [5.41, 5.74) is 0. The summed E-state index contributed by atoms with van der Waals surface area (Å²) in [6, 6.07) is 0. The van der Waals surface area contributed by atoms with E-state index in [0.29, 0.717) is 12.2 Å². The lowest BCUT2D eigenvalue weighted by molar-refractivity contribution is -0.141. The van der Waals surface area contributed by atoms with Gasteiger partial charge in [-0.3, -0.25) is 0 Å². The molecule has 0 heterocycles. The van der Waals surface area contributed by atoms with Gasteiger partial charge >= 0.3 is 5.97 Å². The first-order valence-corrected chi connectivity index (χ1v) is 17.0. The van der Waals surface area contributed by atoms with Crippen LogP contribution in [0.25, 0.3) is 0 Å². The van der Waals surface area contributed by atoms with E-state index in [-0.39, 0.29) is 28.4 Å². The molecule has 0 aliphatic carbocycles. The fourth-order valence-electron chi connectivity index (χ4n) is 2.23. The predicted octanol–water partition coefficient (Wildman–Crippen LogP) is 6.81. The van der Waals surface area contributed by atoms with Crippen molar-refractivity contribution in [1.82, 2.24) is 0 Å². The van der Waals surface area contributed by atoms with Crippen molar-refractivity contribution >= 4 is 28.9 Å². The predicted molar refractivity (Wildman–Crippen MR) is 129 cm³/mol. The topological polar surface area (TPSA) is 61.8 Å². The normalized spacial score (nSPS) is 15.2. The standard InChI is InChI=1S/C23H46O5Si2/c1-13-26-21(25)20(28-30(11,12)23(6,7)8)19(18(2)16-14-15-17-24)27-29(9,10)22(3,4)5/h17-18H,13-16H2,1-12H3/t18-/m0/s1. The highest BCUT2D eigenvalue weighted by atomic mass is 28.4. The maximum absolute atomic E-state index is 13.1. The summed E-state index contributed by atoms with van der Waals surface area (Å²) in [5.74, 6) is 0.309. The molecule has 0 aliphatic rings. The molecular formula is C23H46O5Si2. The summed E-state index contributed by atoms with van der Waals surface area (Å²) >= 11 is 0. The Kier molecular flexibility index (Phi) is 10.6. The number of carbonyl (C=O) groups excluding carboxylic acids is 2. The minimum atomic E-state index is -2.31. The van der Waals surface area contributed by atoms with Gasteiger partial charge in [-0.25, -0.2) is 4.79 Å². The minimum absolute atomic E-state index is 0.0302. The maximum Gasteiger partial charge on any atom is 0.375 e. The zero-order chi connectivity index (χ0) is 24.0. The molecule has 0 unspecified atom stereocenters. The minimum Gasteiger partial charge on any atom is -0.544 e. The third kappa shape index (κ3) is 8.21. The maximum atomic E-state index is 13.1. The Balaban J connectivity index is 6.53. The fourth-order valence-corrected chi connectivity index (χ4v) is 4.38. The average molecular weight is 459 g/mol. The van der Waals surface area contributed by atoms with Crippen LogP contribution in [0, 0.1) is 5.92 Å². The van der Waals surface area contributed by atoms with E-state index in [1.54, 1.807) is 6.92 Å². The van der Waals surface area contributed by atoms with Crippen LogP contribution in [0.2, 0.25) is 36.3 Å². The Morgan fingerprint density at radius 1 is 0.933 bits per heavy atom. The van der Waals surface area contributed by atoms with Crippen LogP contribution in [0.5, 0.6) is 0 Å². The van der Waals surface area contributed by atoms with Crippen molar-refractivity contribution in [3.8, 4) is 0 Å². The summed E-state index contributed by atoms with van der Waals surface area (Å²) in [6.07, 6.45) is 2.91. The van der Waals surface area contributed by atoms with Crippen molar-refractivity contribution < 1.29 is 23.2 Å². The van der Waals surface area contributed by atoms with Crippen LogP contribution < -0.4 is 0 Å². The first kappa shape index (κ1) is 28.9. The molecule has 0 saturated heterocycles. The van der Waals surface area contributed by atoms with Gasteiger partial charge in [0.1, 0.15) is 12.0 Å². The van der Waals surface area contributed by atoms with Gasteiger partial charge in [-0.15, -0.1) is 0 Å². The third-order valence-corrected chi connectivity index (χ3v) is 15.1. The molecular weight excluding hydrogens is 412 g/mol. The molecule has 0 fully saturated rings. The van der Waals surface area contributed by atoms with Gasteiger partial charge in [-0.05, 0) is 56.0 Å². The second-order valence-corrected chi connectivity index (χ2v) is 20.6. The monoisotopic (exact) mass is 458 g/mol. The molecule has 0 saturated carbocycles. The van der Waals surface area contributed by atoms with E-state index in [1.165, 1.54) is 0 Å². The van der Waals surface area contributed by atoms with E-state index < -0.39 is 22.6 Å². The van der Waals surface area contributed by atoms with Gasteiger partial charge in [0.05, 0.1) is 6.61 Å². The first-order valence-electron chi connectivity index (χ1n) is 11.1. The van der Waals surface area contributed by atoms with Crippen molar-refractivity contribution in [2.75, 3.05) is 6.61 Å². The second kappa shape index (κ2) is 11.0. The van der Waals surface area contributed by atoms with Gasteiger partial charge in [0.2, 0.25) is 14.1 Å². The summed E-state index contributed by atoms with van der Waals surface area (Å²) in [6.45, 7) is 25.6. The molecule has 0 aromatic heterocycles. The summed E-state index contributed by atoms with van der Waals surface area (Å²) in [7, 11) is -4.54. The molecule has 0 aromatic rings. The van der Waals surface area contributed by atoms with Crippen molar-refractivity contribution in [3.05, 3.63) is 11.5 Å². The summed E-state index contributed by atoms with van der Waals surface area (Å²) < 4.78 is 18.6. The van der Waals surface area contributed by atoms with Gasteiger partial charge in [-0.2, -0.15) is 0 Å². The number of hydrogen-bond donors (Lipinski definition) is 0. The quantitative estimate of drug-likeness (QED) is 0.0849. The van der Waals surface area contributed by atoms with Crippen LogP contribution >= 0.6 is 0 Å². The average Bonchev–Trinajstić information content (AvgIpc) is 2.56. The van der Waals surface area contributed by atoms with Crippen LogP contribution in [0.3, 0.4) is 0 Å². The molecule has 0 radical (unpaired) electrons. The first-order chi connectivity index (χ1) is 13.4. The molecule has 0 N–H and O–H groups in total. The third-order valence-electron chi connectivity index (χ3n) is 6.43. The number of unbranched alkanes of at least 4 members (excludes halogenated alkanes) is 1. The Hall–Kier alpha value is -1.09. The number of carbonyl (C=O) groups is 2. The molecule has 0 bridgehead atoms.